The molecule has 2 rings (SSSR count). The van der Waals surface area contributed by atoms with Crippen LogP contribution in [0.3, 0.4) is 0 Å². The molecule has 2 aromatic rings. The van der Waals surface area contributed by atoms with E-state index in [1.54, 1.807) is 13.2 Å². The van der Waals surface area contributed by atoms with E-state index in [9.17, 15) is 4.79 Å². The molecule has 1 aromatic carbocycles. The number of anilines is 1. The van der Waals surface area contributed by atoms with Gasteiger partial charge in [-0.1, -0.05) is 15.9 Å². The van der Waals surface area contributed by atoms with Gasteiger partial charge >= 0.3 is 0 Å². The number of hydrogen-bond acceptors (Lipinski definition) is 6. The number of nitrogens with zero attached hydrogens (tertiary/aromatic N) is 2. The van der Waals surface area contributed by atoms with Crippen LogP contribution in [-0.2, 0) is 11.3 Å². The van der Waals surface area contributed by atoms with Crippen LogP contribution < -0.4 is 20.1 Å². The number of aromatic amines is 1. The van der Waals surface area contributed by atoms with E-state index in [0.717, 1.165) is 10.0 Å². The number of carbonyl (C=O) groups excluding carboxylic acids is 1. The minimum Gasteiger partial charge on any atom is -0.493 e. The lowest BCUT2D eigenvalue weighted by atomic mass is 10.1. The van der Waals surface area contributed by atoms with Crippen LogP contribution in [0.4, 0.5) is 5.95 Å². The van der Waals surface area contributed by atoms with Gasteiger partial charge in [-0.05, 0) is 32.9 Å². The highest BCUT2D eigenvalue weighted by molar-refractivity contribution is 9.10. The van der Waals surface area contributed by atoms with Crippen molar-refractivity contribution in [1.82, 2.24) is 20.5 Å². The van der Waals surface area contributed by atoms with Gasteiger partial charge in [-0.15, -0.1) is 0 Å². The molecule has 1 aromatic heterocycles. The van der Waals surface area contributed by atoms with E-state index in [1.165, 1.54) is 6.33 Å². The summed E-state index contributed by atoms with van der Waals surface area (Å²) in [6.07, 6.45) is 1.41. The molecule has 0 radical (unpaired) electrons. The predicted molar refractivity (Wildman–Crippen MR) is 97.8 cm³/mol. The summed E-state index contributed by atoms with van der Waals surface area (Å²) in [5.74, 6) is 1.36. The predicted octanol–water partition coefficient (Wildman–Crippen LogP) is 2.48. The van der Waals surface area contributed by atoms with Crippen molar-refractivity contribution in [2.45, 2.75) is 32.9 Å². The molecule has 0 bridgehead atoms. The second-order valence-corrected chi connectivity index (χ2v) is 7.19. The Kier molecular flexibility index (Phi) is 6.24. The third-order valence-electron chi connectivity index (χ3n) is 3.10. The smallest absolute Gasteiger partial charge is 0.258 e. The fraction of sp³-hybridized carbons (Fsp3) is 0.438. The molecule has 136 valence electrons. The first-order valence-electron chi connectivity index (χ1n) is 7.68. The number of methoxy groups -OCH3 is 1. The van der Waals surface area contributed by atoms with Crippen molar-refractivity contribution in [3.05, 3.63) is 28.5 Å². The number of benzene rings is 1. The van der Waals surface area contributed by atoms with Crippen LogP contribution in [-0.4, -0.2) is 40.3 Å². The maximum Gasteiger partial charge on any atom is 0.258 e. The SMILES string of the molecule is COc1ccc(Br)c(CNc2ncn[nH]2)c1OCC(=O)NC(C)(C)C. The molecule has 0 atom stereocenters. The number of aromatic nitrogens is 3. The van der Waals surface area contributed by atoms with E-state index in [1.807, 2.05) is 26.8 Å². The third kappa shape index (κ3) is 5.63. The molecular weight excluding hydrogens is 390 g/mol. The zero-order valence-corrected chi connectivity index (χ0v) is 16.2. The number of halogens is 1. The molecule has 0 saturated heterocycles. The molecule has 8 nitrogen and oxygen atoms in total. The van der Waals surface area contributed by atoms with Crippen LogP contribution in [0.1, 0.15) is 26.3 Å². The molecule has 25 heavy (non-hydrogen) atoms. The molecule has 1 amide bonds. The summed E-state index contributed by atoms with van der Waals surface area (Å²) < 4.78 is 12.0. The van der Waals surface area contributed by atoms with Gasteiger partial charge in [0.05, 0.1) is 7.11 Å². The van der Waals surface area contributed by atoms with Crippen LogP contribution in [0.25, 0.3) is 0 Å². The summed E-state index contributed by atoms with van der Waals surface area (Å²) in [4.78, 5) is 16.1. The summed E-state index contributed by atoms with van der Waals surface area (Å²) in [5, 5.41) is 12.5. The fourth-order valence-electron chi connectivity index (χ4n) is 2.12. The zero-order valence-electron chi connectivity index (χ0n) is 14.6. The van der Waals surface area contributed by atoms with Crippen molar-refractivity contribution in [3.8, 4) is 11.5 Å². The van der Waals surface area contributed by atoms with Crippen molar-refractivity contribution in [1.29, 1.82) is 0 Å². The van der Waals surface area contributed by atoms with Crippen molar-refractivity contribution >= 4 is 27.8 Å². The van der Waals surface area contributed by atoms with Gasteiger partial charge in [-0.25, -0.2) is 10.1 Å². The van der Waals surface area contributed by atoms with Gasteiger partial charge in [0.25, 0.3) is 5.91 Å². The molecule has 0 saturated carbocycles. The van der Waals surface area contributed by atoms with Crippen LogP contribution in [0.5, 0.6) is 11.5 Å². The number of hydrogen-bond donors (Lipinski definition) is 3. The number of amides is 1. The molecule has 3 N–H and O–H groups in total. The summed E-state index contributed by atoms with van der Waals surface area (Å²) in [7, 11) is 1.55. The Balaban J connectivity index is 2.16. The average molecular weight is 412 g/mol. The highest BCUT2D eigenvalue weighted by atomic mass is 79.9. The minimum absolute atomic E-state index is 0.112. The Labute approximate surface area is 154 Å². The first-order chi connectivity index (χ1) is 11.8. The van der Waals surface area contributed by atoms with Crippen molar-refractivity contribution < 1.29 is 14.3 Å². The molecule has 0 aliphatic heterocycles. The van der Waals surface area contributed by atoms with Gasteiger partial charge in [0.1, 0.15) is 6.33 Å². The first kappa shape index (κ1) is 19.0. The molecule has 0 aliphatic carbocycles. The van der Waals surface area contributed by atoms with Crippen molar-refractivity contribution in [2.75, 3.05) is 19.0 Å². The Morgan fingerprint density at radius 3 is 2.72 bits per heavy atom. The van der Waals surface area contributed by atoms with E-state index >= 15 is 0 Å². The topological polar surface area (TPSA) is 101 Å². The monoisotopic (exact) mass is 411 g/mol. The first-order valence-corrected chi connectivity index (χ1v) is 8.48. The maximum absolute atomic E-state index is 12.0. The normalized spacial score (nSPS) is 11.1. The van der Waals surface area contributed by atoms with E-state index in [4.69, 9.17) is 9.47 Å². The molecule has 9 heteroatoms. The molecule has 0 unspecified atom stereocenters. The third-order valence-corrected chi connectivity index (χ3v) is 3.84. The Morgan fingerprint density at radius 2 is 2.12 bits per heavy atom. The average Bonchev–Trinajstić information content (AvgIpc) is 3.03. The number of ether oxygens (including phenoxy) is 2. The van der Waals surface area contributed by atoms with Crippen LogP contribution in [0.2, 0.25) is 0 Å². The Morgan fingerprint density at radius 1 is 1.36 bits per heavy atom. The summed E-state index contributed by atoms with van der Waals surface area (Å²) in [6, 6.07) is 3.64. The highest BCUT2D eigenvalue weighted by Gasteiger charge is 2.18. The lowest BCUT2D eigenvalue weighted by Gasteiger charge is -2.21. The zero-order chi connectivity index (χ0) is 18.4. The second kappa shape index (κ2) is 8.19. The van der Waals surface area contributed by atoms with Gasteiger partial charge in [0.2, 0.25) is 5.95 Å². The highest BCUT2D eigenvalue weighted by Crippen LogP contribution is 2.36. The number of nitrogens with one attached hydrogen (secondary N) is 3. The largest absolute Gasteiger partial charge is 0.493 e. The van der Waals surface area contributed by atoms with Gasteiger partial charge in [-0.3, -0.25) is 4.79 Å². The number of carbonyl (C=O) groups is 1. The van der Waals surface area contributed by atoms with Gasteiger partial charge < -0.3 is 20.1 Å². The van der Waals surface area contributed by atoms with E-state index in [-0.39, 0.29) is 18.1 Å². The summed E-state index contributed by atoms with van der Waals surface area (Å²) >= 11 is 3.51. The van der Waals surface area contributed by atoms with Crippen LogP contribution in [0, 0.1) is 0 Å². The molecule has 1 heterocycles. The van der Waals surface area contributed by atoms with Crippen molar-refractivity contribution in [2.24, 2.45) is 0 Å². The van der Waals surface area contributed by atoms with E-state index in [0.29, 0.717) is 24.0 Å². The minimum atomic E-state index is -0.321. The molecule has 0 fully saturated rings. The second-order valence-electron chi connectivity index (χ2n) is 6.33. The molecular formula is C16H22BrN5O3. The Bertz CT molecular complexity index is 713. The molecule has 0 aliphatic rings. The molecule has 0 spiro atoms. The lowest BCUT2D eigenvalue weighted by molar-refractivity contribution is -0.124. The van der Waals surface area contributed by atoms with Gasteiger partial charge in [0, 0.05) is 22.1 Å². The summed E-state index contributed by atoms with van der Waals surface area (Å²) in [5.41, 5.74) is 0.484. The summed E-state index contributed by atoms with van der Waals surface area (Å²) in [6.45, 7) is 6.04. The van der Waals surface area contributed by atoms with E-state index < -0.39 is 0 Å². The fourth-order valence-corrected chi connectivity index (χ4v) is 2.57. The van der Waals surface area contributed by atoms with Crippen molar-refractivity contribution in [3.63, 3.8) is 0 Å². The number of H-pyrrole nitrogens is 1. The van der Waals surface area contributed by atoms with Crippen LogP contribution in [0.15, 0.2) is 22.9 Å². The van der Waals surface area contributed by atoms with Crippen LogP contribution >= 0.6 is 15.9 Å². The van der Waals surface area contributed by atoms with E-state index in [2.05, 4.69) is 41.7 Å². The lowest BCUT2D eigenvalue weighted by Crippen LogP contribution is -2.43. The number of rotatable bonds is 7. The van der Waals surface area contributed by atoms with Gasteiger partial charge in [0.15, 0.2) is 18.1 Å². The quantitative estimate of drug-likeness (QED) is 0.646. The maximum atomic E-state index is 12.0. The standard InChI is InChI=1S/C16H22BrN5O3/c1-16(2,3)21-13(23)8-25-14-10(7-18-15-19-9-20-22-15)11(17)5-6-12(14)24-4/h5-6,9H,7-8H2,1-4H3,(H,21,23)(H2,18,19,20,22). The Hall–Kier alpha value is -2.29. The van der Waals surface area contributed by atoms with Gasteiger partial charge in [-0.2, -0.15) is 5.10 Å².